The third-order valence-corrected chi connectivity index (χ3v) is 4.25. The van der Waals surface area contributed by atoms with Gasteiger partial charge in [0.25, 0.3) is 0 Å². The van der Waals surface area contributed by atoms with Crippen LogP contribution < -0.4 is 26.0 Å². The molecule has 0 unspecified atom stereocenters. The van der Waals surface area contributed by atoms with E-state index in [1.54, 1.807) is 7.11 Å². The Morgan fingerprint density at radius 2 is 2.09 bits per heavy atom. The van der Waals surface area contributed by atoms with E-state index in [2.05, 4.69) is 27.4 Å². The molecule has 22 heavy (non-hydrogen) atoms. The zero-order valence-electron chi connectivity index (χ0n) is 14.0. The average Bonchev–Trinajstić information content (AvgIpc) is 2.55. The summed E-state index contributed by atoms with van der Waals surface area (Å²) in [5.74, 6) is 1.56. The maximum absolute atomic E-state index is 5.97. The van der Waals surface area contributed by atoms with Gasteiger partial charge in [-0.25, -0.2) is 0 Å². The molecule has 0 aliphatic carbocycles. The number of aryl methyl sites for hydroxylation is 1. The molecule has 2 heterocycles. The molecule has 2 rings (SSSR count). The van der Waals surface area contributed by atoms with E-state index in [1.807, 2.05) is 13.1 Å². The van der Waals surface area contributed by atoms with Crippen LogP contribution in [0.25, 0.3) is 0 Å². The fourth-order valence-corrected chi connectivity index (χ4v) is 2.94. The van der Waals surface area contributed by atoms with E-state index in [4.69, 9.17) is 10.5 Å². The van der Waals surface area contributed by atoms with Crippen LogP contribution in [0.4, 0.5) is 11.5 Å². The molecule has 1 saturated heterocycles. The Balaban J connectivity index is 2.01. The van der Waals surface area contributed by atoms with Crippen LogP contribution in [0, 0.1) is 0 Å². The average molecular weight is 307 g/mol. The van der Waals surface area contributed by atoms with Crippen molar-refractivity contribution in [3.63, 3.8) is 0 Å². The van der Waals surface area contributed by atoms with Crippen molar-refractivity contribution in [2.45, 2.75) is 32.2 Å². The van der Waals surface area contributed by atoms with Gasteiger partial charge in [-0.2, -0.15) is 4.98 Å². The molecule has 1 aliphatic heterocycles. The monoisotopic (exact) mass is 307 g/mol. The summed E-state index contributed by atoms with van der Waals surface area (Å²) in [4.78, 5) is 6.99. The van der Waals surface area contributed by atoms with E-state index in [-0.39, 0.29) is 0 Å². The molecule has 0 amide bonds. The number of nitrogens with one attached hydrogen (secondary N) is 2. The molecular weight excluding hydrogens is 278 g/mol. The molecule has 1 fully saturated rings. The third-order valence-electron chi connectivity index (χ3n) is 4.25. The number of methoxy groups -OCH3 is 1. The Morgan fingerprint density at radius 3 is 2.68 bits per heavy atom. The van der Waals surface area contributed by atoms with Gasteiger partial charge < -0.3 is 26.0 Å². The molecule has 1 aromatic rings. The van der Waals surface area contributed by atoms with Crippen molar-refractivity contribution >= 4 is 11.5 Å². The summed E-state index contributed by atoms with van der Waals surface area (Å²) in [7, 11) is 3.60. The largest absolute Gasteiger partial charge is 0.479 e. The number of hydrogen-bond acceptors (Lipinski definition) is 6. The Hall–Kier alpha value is -1.53. The van der Waals surface area contributed by atoms with Gasteiger partial charge in [-0.05, 0) is 37.9 Å². The number of anilines is 2. The Kier molecular flexibility index (Phi) is 6.27. The highest BCUT2D eigenvalue weighted by atomic mass is 16.5. The van der Waals surface area contributed by atoms with Gasteiger partial charge in [-0.15, -0.1) is 0 Å². The molecule has 6 heteroatoms. The van der Waals surface area contributed by atoms with Gasteiger partial charge in [0.1, 0.15) is 5.82 Å². The SMILES string of the molecule is CCc1cc(N)c(OC)nc1N1CCC(NCCNC)CC1. The number of rotatable bonds is 7. The highest BCUT2D eigenvalue weighted by Gasteiger charge is 2.22. The minimum atomic E-state index is 0.529. The summed E-state index contributed by atoms with van der Waals surface area (Å²) >= 11 is 0. The first-order chi connectivity index (χ1) is 10.7. The molecule has 1 aromatic heterocycles. The van der Waals surface area contributed by atoms with Crippen LogP contribution >= 0.6 is 0 Å². The number of pyridine rings is 1. The second-order valence-corrected chi connectivity index (χ2v) is 5.74. The maximum atomic E-state index is 5.97. The van der Waals surface area contributed by atoms with Gasteiger partial charge in [-0.3, -0.25) is 0 Å². The summed E-state index contributed by atoms with van der Waals surface area (Å²) in [5.41, 5.74) is 7.79. The first-order valence-corrected chi connectivity index (χ1v) is 8.15. The van der Waals surface area contributed by atoms with Crippen LogP contribution in [0.1, 0.15) is 25.3 Å². The number of nitrogen functional groups attached to an aromatic ring is 1. The van der Waals surface area contributed by atoms with Crippen molar-refractivity contribution in [3.05, 3.63) is 11.6 Å². The van der Waals surface area contributed by atoms with E-state index in [0.29, 0.717) is 17.6 Å². The summed E-state index contributed by atoms with van der Waals surface area (Å²) in [5, 5.41) is 6.77. The van der Waals surface area contributed by atoms with Gasteiger partial charge in [0.05, 0.1) is 12.8 Å². The van der Waals surface area contributed by atoms with Crippen LogP contribution in [0.5, 0.6) is 5.88 Å². The first-order valence-electron chi connectivity index (χ1n) is 8.15. The van der Waals surface area contributed by atoms with Crippen molar-refractivity contribution in [3.8, 4) is 5.88 Å². The molecular formula is C16H29N5O. The van der Waals surface area contributed by atoms with Crippen LogP contribution in [0.2, 0.25) is 0 Å². The maximum Gasteiger partial charge on any atom is 0.238 e. The number of ether oxygens (including phenoxy) is 1. The summed E-state index contributed by atoms with van der Waals surface area (Å²) in [6.07, 6.45) is 3.21. The predicted molar refractivity (Wildman–Crippen MR) is 91.7 cm³/mol. The van der Waals surface area contributed by atoms with Crippen molar-refractivity contribution in [1.29, 1.82) is 0 Å². The number of likely N-dealkylation sites (N-methyl/N-ethyl adjacent to an activating group) is 1. The summed E-state index contributed by atoms with van der Waals surface area (Å²) in [6.45, 7) is 6.21. The second kappa shape index (κ2) is 8.19. The fraction of sp³-hybridized carbons (Fsp3) is 0.688. The first kappa shape index (κ1) is 16.8. The topological polar surface area (TPSA) is 75.4 Å². The molecule has 0 bridgehead atoms. The molecule has 0 saturated carbocycles. The zero-order valence-corrected chi connectivity index (χ0v) is 14.0. The molecule has 4 N–H and O–H groups in total. The third kappa shape index (κ3) is 4.01. The number of nitrogens with two attached hydrogens (primary N) is 1. The number of aromatic nitrogens is 1. The molecule has 124 valence electrons. The van der Waals surface area contributed by atoms with Crippen molar-refractivity contribution in [1.82, 2.24) is 15.6 Å². The fourth-order valence-electron chi connectivity index (χ4n) is 2.94. The number of nitrogens with zero attached hydrogens (tertiary/aromatic N) is 2. The van der Waals surface area contributed by atoms with Crippen LogP contribution in [0.15, 0.2) is 6.07 Å². The quantitative estimate of drug-likeness (QED) is 0.653. The van der Waals surface area contributed by atoms with E-state index in [0.717, 1.165) is 51.3 Å². The lowest BCUT2D eigenvalue weighted by Gasteiger charge is -2.34. The van der Waals surface area contributed by atoms with Crippen molar-refractivity contribution in [2.75, 3.05) is 51.0 Å². The molecule has 0 aromatic carbocycles. The van der Waals surface area contributed by atoms with E-state index in [1.165, 1.54) is 5.56 Å². The lowest BCUT2D eigenvalue weighted by Crippen LogP contribution is -2.44. The second-order valence-electron chi connectivity index (χ2n) is 5.74. The standard InChI is InChI=1S/C16H29N5O/c1-4-12-11-14(17)16(22-3)20-15(12)21-9-5-13(6-10-21)19-8-7-18-2/h11,13,18-19H,4-10,17H2,1-3H3. The molecule has 6 nitrogen and oxygen atoms in total. The molecule has 1 aliphatic rings. The van der Waals surface area contributed by atoms with E-state index in [9.17, 15) is 0 Å². The van der Waals surface area contributed by atoms with Gasteiger partial charge in [0, 0.05) is 32.2 Å². The highest BCUT2D eigenvalue weighted by Crippen LogP contribution is 2.29. The number of piperidine rings is 1. The molecule has 0 atom stereocenters. The van der Waals surface area contributed by atoms with Crippen molar-refractivity contribution < 1.29 is 4.74 Å². The molecule has 0 spiro atoms. The zero-order chi connectivity index (χ0) is 15.9. The Bertz CT molecular complexity index is 472. The smallest absolute Gasteiger partial charge is 0.238 e. The normalized spacial score (nSPS) is 16.0. The number of hydrogen-bond donors (Lipinski definition) is 3. The predicted octanol–water partition coefficient (Wildman–Crippen LogP) is 1.01. The van der Waals surface area contributed by atoms with Crippen LogP contribution in [-0.2, 0) is 6.42 Å². The van der Waals surface area contributed by atoms with Gasteiger partial charge in [-0.1, -0.05) is 6.92 Å². The van der Waals surface area contributed by atoms with E-state index >= 15 is 0 Å². The highest BCUT2D eigenvalue weighted by molar-refractivity contribution is 5.60. The molecule has 0 radical (unpaired) electrons. The Labute approximate surface area is 133 Å². The minimum absolute atomic E-state index is 0.529. The van der Waals surface area contributed by atoms with Gasteiger partial charge in [0.15, 0.2) is 0 Å². The van der Waals surface area contributed by atoms with Gasteiger partial charge >= 0.3 is 0 Å². The lowest BCUT2D eigenvalue weighted by atomic mass is 10.0. The van der Waals surface area contributed by atoms with Crippen molar-refractivity contribution in [2.24, 2.45) is 0 Å². The lowest BCUT2D eigenvalue weighted by molar-refractivity contribution is 0.395. The summed E-state index contributed by atoms with van der Waals surface area (Å²) in [6, 6.07) is 2.60. The van der Waals surface area contributed by atoms with Crippen LogP contribution in [0.3, 0.4) is 0 Å². The van der Waals surface area contributed by atoms with Crippen LogP contribution in [-0.4, -0.2) is 51.4 Å². The van der Waals surface area contributed by atoms with E-state index < -0.39 is 0 Å². The minimum Gasteiger partial charge on any atom is -0.479 e. The summed E-state index contributed by atoms with van der Waals surface area (Å²) < 4.78 is 5.28. The van der Waals surface area contributed by atoms with Gasteiger partial charge in [0.2, 0.25) is 5.88 Å². The Morgan fingerprint density at radius 1 is 1.36 bits per heavy atom.